The van der Waals surface area contributed by atoms with Gasteiger partial charge in [0.1, 0.15) is 0 Å². The predicted molar refractivity (Wildman–Crippen MR) is 64.0 cm³/mol. The fourth-order valence-corrected chi connectivity index (χ4v) is 3.72. The van der Waals surface area contributed by atoms with Crippen LogP contribution in [0.25, 0.3) is 0 Å². The average molecular weight is 222 g/mol. The van der Waals surface area contributed by atoms with E-state index in [4.69, 9.17) is 0 Å². The molecule has 2 aliphatic carbocycles. The van der Waals surface area contributed by atoms with Gasteiger partial charge < -0.3 is 5.11 Å². The van der Waals surface area contributed by atoms with E-state index in [0.717, 1.165) is 31.3 Å². The van der Waals surface area contributed by atoms with Gasteiger partial charge in [0.25, 0.3) is 0 Å². The van der Waals surface area contributed by atoms with Gasteiger partial charge in [-0.15, -0.1) is 0 Å². The van der Waals surface area contributed by atoms with Crippen LogP contribution in [-0.4, -0.2) is 17.0 Å². The number of hydrogen-bond acceptors (Lipinski definition) is 2. The van der Waals surface area contributed by atoms with Gasteiger partial charge >= 0.3 is 0 Å². The second-order valence-electron chi connectivity index (χ2n) is 5.70. The predicted octanol–water partition coefficient (Wildman–Crippen LogP) is 2.71. The first-order valence-corrected chi connectivity index (χ1v) is 6.38. The van der Waals surface area contributed by atoms with E-state index in [9.17, 15) is 9.90 Å². The zero-order valence-electron chi connectivity index (χ0n) is 10.5. The number of aliphatic hydroxyl groups excluding tert-OH is 1. The Morgan fingerprint density at radius 3 is 2.75 bits per heavy atom. The van der Waals surface area contributed by atoms with E-state index in [-0.39, 0.29) is 17.4 Å². The van der Waals surface area contributed by atoms with Gasteiger partial charge in [-0.3, -0.25) is 4.79 Å². The van der Waals surface area contributed by atoms with Crippen molar-refractivity contribution < 1.29 is 9.90 Å². The molecule has 0 radical (unpaired) electrons. The zero-order chi connectivity index (χ0) is 11.9. The Morgan fingerprint density at radius 1 is 1.44 bits per heavy atom. The molecule has 0 aliphatic heterocycles. The molecule has 90 valence electrons. The smallest absolute Gasteiger partial charge is 0.161 e. The summed E-state index contributed by atoms with van der Waals surface area (Å²) in [5.74, 6) is 0.756. The minimum atomic E-state index is -0.239. The quantitative estimate of drug-likeness (QED) is 0.640. The summed E-state index contributed by atoms with van der Waals surface area (Å²) in [5.41, 5.74) is 0.847. The van der Waals surface area contributed by atoms with Gasteiger partial charge in [0.15, 0.2) is 5.78 Å². The van der Waals surface area contributed by atoms with Crippen molar-refractivity contribution in [2.45, 2.75) is 52.6 Å². The van der Waals surface area contributed by atoms with E-state index in [2.05, 4.69) is 6.92 Å². The summed E-state index contributed by atoms with van der Waals surface area (Å²) >= 11 is 0. The molecule has 2 heteroatoms. The summed E-state index contributed by atoms with van der Waals surface area (Å²) in [6.07, 6.45) is 5.50. The Hall–Kier alpha value is -0.630. The van der Waals surface area contributed by atoms with Crippen LogP contribution in [0.1, 0.15) is 46.5 Å². The second-order valence-corrected chi connectivity index (χ2v) is 5.70. The van der Waals surface area contributed by atoms with Crippen LogP contribution in [0.15, 0.2) is 11.6 Å². The van der Waals surface area contributed by atoms with Crippen LogP contribution in [0.4, 0.5) is 0 Å². The fourth-order valence-electron chi connectivity index (χ4n) is 3.72. The molecule has 2 aliphatic rings. The van der Waals surface area contributed by atoms with E-state index >= 15 is 0 Å². The van der Waals surface area contributed by atoms with Crippen molar-refractivity contribution in [3.63, 3.8) is 0 Å². The maximum absolute atomic E-state index is 12.1. The molecule has 16 heavy (non-hydrogen) atoms. The standard InChI is InChI=1S/C14H22O2/c1-4-10-8-14(3)11(9(2)13(10)16)6-5-7-12(14)15/h4,9,11-12,15H,5-8H2,1-3H3/b10-4+/t9?,11?,12-,14-/m0/s1. The molecular weight excluding hydrogens is 200 g/mol. The number of Topliss-reactive ketones (excluding diaryl/α,β-unsaturated/α-hetero) is 1. The molecule has 0 saturated heterocycles. The normalized spacial score (nSPS) is 46.9. The van der Waals surface area contributed by atoms with Crippen LogP contribution in [-0.2, 0) is 4.79 Å². The molecule has 2 saturated carbocycles. The maximum atomic E-state index is 12.1. The molecule has 0 aromatic carbocycles. The van der Waals surface area contributed by atoms with E-state index in [1.54, 1.807) is 0 Å². The molecule has 0 aromatic rings. The summed E-state index contributed by atoms with van der Waals surface area (Å²) in [6.45, 7) is 6.12. The highest BCUT2D eigenvalue weighted by atomic mass is 16.3. The largest absolute Gasteiger partial charge is 0.393 e. The highest BCUT2D eigenvalue weighted by Gasteiger charge is 2.51. The molecule has 4 atom stereocenters. The third-order valence-electron chi connectivity index (χ3n) is 4.85. The highest BCUT2D eigenvalue weighted by molar-refractivity contribution is 5.98. The number of ketones is 1. The van der Waals surface area contributed by atoms with E-state index in [0.29, 0.717) is 11.7 Å². The van der Waals surface area contributed by atoms with Crippen LogP contribution in [0.2, 0.25) is 0 Å². The number of rotatable bonds is 0. The summed E-state index contributed by atoms with van der Waals surface area (Å²) in [5, 5.41) is 10.2. The Labute approximate surface area is 97.7 Å². The van der Waals surface area contributed by atoms with Crippen molar-refractivity contribution in [1.29, 1.82) is 0 Å². The van der Waals surface area contributed by atoms with Crippen LogP contribution < -0.4 is 0 Å². The monoisotopic (exact) mass is 222 g/mol. The molecule has 2 nitrogen and oxygen atoms in total. The van der Waals surface area contributed by atoms with Gasteiger partial charge in [-0.25, -0.2) is 0 Å². The number of allylic oxidation sites excluding steroid dienone is 2. The van der Waals surface area contributed by atoms with Crippen molar-refractivity contribution in [2.24, 2.45) is 17.3 Å². The minimum Gasteiger partial charge on any atom is -0.393 e. The third-order valence-corrected chi connectivity index (χ3v) is 4.85. The number of fused-ring (bicyclic) bond motifs is 1. The van der Waals surface area contributed by atoms with Crippen LogP contribution in [0, 0.1) is 17.3 Å². The van der Waals surface area contributed by atoms with E-state index in [1.807, 2.05) is 19.9 Å². The lowest BCUT2D eigenvalue weighted by atomic mass is 9.54. The number of carbonyl (C=O) groups excluding carboxylic acids is 1. The average Bonchev–Trinajstić information content (AvgIpc) is 2.27. The molecule has 0 aromatic heterocycles. The summed E-state index contributed by atoms with van der Waals surface area (Å²) < 4.78 is 0. The Bertz CT molecular complexity index is 332. The van der Waals surface area contributed by atoms with E-state index in [1.165, 1.54) is 0 Å². The second kappa shape index (κ2) is 3.99. The van der Waals surface area contributed by atoms with Gasteiger partial charge in [0, 0.05) is 11.3 Å². The first kappa shape index (κ1) is 11.8. The summed E-state index contributed by atoms with van der Waals surface area (Å²) in [6, 6.07) is 0. The molecule has 1 N–H and O–H groups in total. The van der Waals surface area contributed by atoms with Crippen molar-refractivity contribution in [2.75, 3.05) is 0 Å². The fraction of sp³-hybridized carbons (Fsp3) is 0.786. The summed E-state index contributed by atoms with van der Waals surface area (Å²) in [4.78, 5) is 12.1. The van der Waals surface area contributed by atoms with E-state index < -0.39 is 0 Å². The molecule has 0 spiro atoms. The molecular formula is C14H22O2. The number of hydrogen-bond donors (Lipinski definition) is 1. The Balaban J connectivity index is 2.36. The first-order valence-electron chi connectivity index (χ1n) is 6.38. The maximum Gasteiger partial charge on any atom is 0.161 e. The lowest BCUT2D eigenvalue weighted by Crippen LogP contribution is -2.51. The summed E-state index contributed by atoms with van der Waals surface area (Å²) in [7, 11) is 0. The molecule has 0 bridgehead atoms. The molecule has 2 unspecified atom stereocenters. The molecule has 0 amide bonds. The SMILES string of the molecule is C/C=C1\C[C@@]2(C)C(CCC[C@@H]2O)C(C)C1=O. The van der Waals surface area contributed by atoms with Gasteiger partial charge in [-0.2, -0.15) is 0 Å². The number of carbonyl (C=O) groups is 1. The van der Waals surface area contributed by atoms with Crippen LogP contribution in [0.5, 0.6) is 0 Å². The minimum absolute atomic E-state index is 0.0760. The lowest BCUT2D eigenvalue weighted by molar-refractivity contribution is -0.133. The zero-order valence-corrected chi connectivity index (χ0v) is 10.5. The van der Waals surface area contributed by atoms with Crippen molar-refractivity contribution >= 4 is 5.78 Å². The topological polar surface area (TPSA) is 37.3 Å². The van der Waals surface area contributed by atoms with Crippen molar-refractivity contribution in [3.8, 4) is 0 Å². The first-order chi connectivity index (χ1) is 7.50. The Morgan fingerprint density at radius 2 is 2.12 bits per heavy atom. The Kier molecular flexibility index (Phi) is 2.95. The number of aliphatic hydroxyl groups is 1. The molecule has 0 heterocycles. The van der Waals surface area contributed by atoms with Gasteiger partial charge in [0.2, 0.25) is 0 Å². The molecule has 2 fully saturated rings. The van der Waals surface area contributed by atoms with Gasteiger partial charge in [-0.05, 0) is 37.7 Å². The van der Waals surface area contributed by atoms with Crippen molar-refractivity contribution in [1.82, 2.24) is 0 Å². The van der Waals surface area contributed by atoms with Gasteiger partial charge in [0.05, 0.1) is 6.10 Å². The van der Waals surface area contributed by atoms with Crippen LogP contribution in [0.3, 0.4) is 0 Å². The third kappa shape index (κ3) is 1.55. The lowest BCUT2D eigenvalue weighted by Gasteiger charge is -2.51. The molecule has 2 rings (SSSR count). The van der Waals surface area contributed by atoms with Crippen molar-refractivity contribution in [3.05, 3.63) is 11.6 Å². The highest BCUT2D eigenvalue weighted by Crippen LogP contribution is 2.52. The van der Waals surface area contributed by atoms with Crippen LogP contribution >= 0.6 is 0 Å². The van der Waals surface area contributed by atoms with Gasteiger partial charge in [-0.1, -0.05) is 26.3 Å².